The Morgan fingerprint density at radius 1 is 1.41 bits per heavy atom. The number of hydrazone groups is 1. The van der Waals surface area contributed by atoms with Crippen molar-refractivity contribution in [3.05, 3.63) is 45.3 Å². The number of anilines is 1. The second kappa shape index (κ2) is 9.61. The molecule has 15 nitrogen and oxygen atoms in total. The van der Waals surface area contributed by atoms with E-state index in [0.29, 0.717) is 30.9 Å². The molecule has 0 saturated heterocycles. The number of nitro groups is 1. The summed E-state index contributed by atoms with van der Waals surface area (Å²) in [6.07, 6.45) is 1.19. The maximum atomic E-state index is 12.7. The van der Waals surface area contributed by atoms with Gasteiger partial charge in [-0.05, 0) is 35.5 Å². The molecule has 0 fully saturated rings. The second-order valence-electron chi connectivity index (χ2n) is 6.44. The van der Waals surface area contributed by atoms with Gasteiger partial charge in [-0.2, -0.15) is 9.78 Å². The van der Waals surface area contributed by atoms with Crippen LogP contribution in [0.3, 0.4) is 0 Å². The number of rotatable bonds is 9. The summed E-state index contributed by atoms with van der Waals surface area (Å²) < 4.78 is 5.88. The predicted octanol–water partition coefficient (Wildman–Crippen LogP) is 0.452. The fourth-order valence-electron chi connectivity index (χ4n) is 2.77. The Bertz CT molecular complexity index is 1150. The lowest BCUT2D eigenvalue weighted by Crippen LogP contribution is -2.27. The number of hydrogen-bond acceptors (Lipinski definition) is 12. The molecule has 4 N–H and O–H groups in total. The van der Waals surface area contributed by atoms with Crippen molar-refractivity contribution in [2.45, 2.75) is 20.4 Å². The molecule has 3 rings (SSSR count). The van der Waals surface area contributed by atoms with Gasteiger partial charge >= 0.3 is 5.69 Å². The number of nitrogens with zero attached hydrogens (tertiary/aromatic N) is 8. The number of nitrogen functional groups attached to an aromatic ring is 1. The fourth-order valence-corrected chi connectivity index (χ4v) is 2.77. The van der Waals surface area contributed by atoms with Crippen LogP contribution < -0.4 is 11.2 Å². The molecule has 0 radical (unpaired) electrons. The number of aromatic nitrogens is 5. The highest BCUT2D eigenvalue weighted by Gasteiger charge is 2.25. The molecule has 1 aromatic carbocycles. The summed E-state index contributed by atoms with van der Waals surface area (Å²) in [5.41, 5.74) is 8.24. The quantitative estimate of drug-likeness (QED) is 0.235. The zero-order valence-electron chi connectivity index (χ0n) is 17.2. The maximum absolute atomic E-state index is 12.7. The molecule has 0 bridgehead atoms. The van der Waals surface area contributed by atoms with Crippen molar-refractivity contribution in [3.63, 3.8) is 0 Å². The molecule has 0 atom stereocenters. The summed E-state index contributed by atoms with van der Waals surface area (Å²) in [6, 6.07) is 3.68. The molecular weight excluding hydrogens is 424 g/mol. The van der Waals surface area contributed by atoms with E-state index in [1.54, 1.807) is 0 Å². The Balaban J connectivity index is 1.85. The van der Waals surface area contributed by atoms with Crippen LogP contribution in [-0.4, -0.2) is 65.4 Å². The monoisotopic (exact) mass is 444 g/mol. The van der Waals surface area contributed by atoms with Crippen molar-refractivity contribution in [1.29, 1.82) is 0 Å². The standard InChI is InChI=1S/C17H20N10O5/c1-3-25(4-2)9-12-14(20-24-26(12)16-15(18)22-32-23-16)17(29)21-19-8-10-5-6-13(28)11(7-10)27(30)31/h5-8,28H,3-4,9H2,1-2H3,(H2,18,22)(H,21,29)/b19-8+. The molecule has 168 valence electrons. The van der Waals surface area contributed by atoms with E-state index >= 15 is 0 Å². The highest BCUT2D eigenvalue weighted by molar-refractivity contribution is 5.94. The first-order valence-electron chi connectivity index (χ1n) is 9.41. The largest absolute Gasteiger partial charge is 0.502 e. The molecule has 2 aromatic heterocycles. The number of nitrogens with one attached hydrogen (secondary N) is 1. The van der Waals surface area contributed by atoms with Crippen LogP contribution in [0.2, 0.25) is 0 Å². The number of aromatic hydroxyl groups is 1. The fraction of sp³-hybridized carbons (Fsp3) is 0.294. The number of hydrogen-bond donors (Lipinski definition) is 3. The van der Waals surface area contributed by atoms with E-state index in [0.717, 1.165) is 12.1 Å². The third kappa shape index (κ3) is 4.67. The highest BCUT2D eigenvalue weighted by Crippen LogP contribution is 2.25. The molecule has 0 spiro atoms. The van der Waals surface area contributed by atoms with Crippen LogP contribution in [0.1, 0.15) is 35.6 Å². The van der Waals surface area contributed by atoms with Gasteiger partial charge in [-0.3, -0.25) is 19.8 Å². The average molecular weight is 444 g/mol. The van der Waals surface area contributed by atoms with E-state index in [-0.39, 0.29) is 17.3 Å². The average Bonchev–Trinajstić information content (AvgIpc) is 3.38. The van der Waals surface area contributed by atoms with Gasteiger partial charge in [0, 0.05) is 18.2 Å². The third-order valence-electron chi connectivity index (χ3n) is 4.52. The van der Waals surface area contributed by atoms with Gasteiger partial charge in [-0.15, -0.1) is 5.10 Å². The zero-order valence-corrected chi connectivity index (χ0v) is 17.2. The molecule has 0 saturated carbocycles. The number of nitro benzene ring substituents is 1. The van der Waals surface area contributed by atoms with Crippen molar-refractivity contribution in [1.82, 2.24) is 35.6 Å². The lowest BCUT2D eigenvalue weighted by Gasteiger charge is -2.18. The van der Waals surface area contributed by atoms with Gasteiger partial charge < -0.3 is 10.8 Å². The van der Waals surface area contributed by atoms with Crippen LogP contribution in [0.25, 0.3) is 5.82 Å². The number of amides is 1. The van der Waals surface area contributed by atoms with Gasteiger partial charge in [0.15, 0.2) is 11.4 Å². The summed E-state index contributed by atoms with van der Waals surface area (Å²) in [6.45, 7) is 5.64. The van der Waals surface area contributed by atoms with Crippen molar-refractivity contribution >= 4 is 23.6 Å². The number of nitrogens with two attached hydrogens (primary N) is 1. The van der Waals surface area contributed by atoms with E-state index in [9.17, 15) is 20.0 Å². The predicted molar refractivity (Wildman–Crippen MR) is 110 cm³/mol. The number of phenols is 1. The first-order chi connectivity index (χ1) is 15.3. The number of benzene rings is 1. The van der Waals surface area contributed by atoms with Gasteiger partial charge in [0.2, 0.25) is 11.6 Å². The normalized spacial score (nSPS) is 11.3. The molecule has 3 aromatic rings. The van der Waals surface area contributed by atoms with Gasteiger partial charge in [0.1, 0.15) is 0 Å². The third-order valence-corrected chi connectivity index (χ3v) is 4.52. The molecule has 0 unspecified atom stereocenters. The van der Waals surface area contributed by atoms with Gasteiger partial charge in [-0.1, -0.05) is 19.1 Å². The first kappa shape index (κ1) is 22.3. The Morgan fingerprint density at radius 3 is 2.78 bits per heavy atom. The van der Waals surface area contributed by atoms with Crippen molar-refractivity contribution in [2.24, 2.45) is 5.10 Å². The SMILES string of the molecule is CCN(CC)Cc1c(C(=O)N/N=C/c2ccc(O)c([N+](=O)[O-])c2)nnn1-c1nonc1N. The van der Waals surface area contributed by atoms with E-state index in [1.165, 1.54) is 17.0 Å². The Hall–Kier alpha value is -4.40. The van der Waals surface area contributed by atoms with E-state index in [1.807, 2.05) is 18.7 Å². The molecule has 0 aliphatic rings. The summed E-state index contributed by atoms with van der Waals surface area (Å²) in [7, 11) is 0. The lowest BCUT2D eigenvalue weighted by molar-refractivity contribution is -0.385. The number of carbonyl (C=O) groups excluding carboxylic acids is 1. The van der Waals surface area contributed by atoms with Gasteiger partial charge in [0.25, 0.3) is 5.91 Å². The molecule has 0 aliphatic heterocycles. The van der Waals surface area contributed by atoms with Crippen LogP contribution >= 0.6 is 0 Å². The highest BCUT2D eigenvalue weighted by atomic mass is 16.6. The van der Waals surface area contributed by atoms with Crippen molar-refractivity contribution in [2.75, 3.05) is 18.8 Å². The summed E-state index contributed by atoms with van der Waals surface area (Å²) in [5, 5.41) is 39.3. The summed E-state index contributed by atoms with van der Waals surface area (Å²) in [4.78, 5) is 24.9. The molecular formula is C17H20N10O5. The van der Waals surface area contributed by atoms with Crippen LogP contribution in [0.4, 0.5) is 11.5 Å². The van der Waals surface area contributed by atoms with Crippen LogP contribution in [0.5, 0.6) is 5.75 Å². The van der Waals surface area contributed by atoms with Crippen LogP contribution in [0.15, 0.2) is 27.9 Å². The van der Waals surface area contributed by atoms with Gasteiger partial charge in [-0.25, -0.2) is 10.1 Å². The van der Waals surface area contributed by atoms with E-state index < -0.39 is 22.3 Å². The first-order valence-corrected chi connectivity index (χ1v) is 9.41. The van der Waals surface area contributed by atoms with Crippen LogP contribution in [-0.2, 0) is 6.54 Å². The van der Waals surface area contributed by atoms with Crippen molar-refractivity contribution in [3.8, 4) is 11.6 Å². The van der Waals surface area contributed by atoms with Crippen LogP contribution in [0, 0.1) is 10.1 Å². The summed E-state index contributed by atoms with van der Waals surface area (Å²) >= 11 is 0. The topological polar surface area (TPSA) is 204 Å². The minimum atomic E-state index is -0.729. The Labute approximate surface area is 180 Å². The number of carbonyl (C=O) groups is 1. The molecule has 32 heavy (non-hydrogen) atoms. The Morgan fingerprint density at radius 2 is 2.16 bits per heavy atom. The van der Waals surface area contributed by atoms with E-state index in [2.05, 4.69) is 35.8 Å². The zero-order chi connectivity index (χ0) is 23.3. The van der Waals surface area contributed by atoms with E-state index in [4.69, 9.17) is 5.73 Å². The molecule has 2 heterocycles. The Kier molecular flexibility index (Phi) is 6.69. The second-order valence-corrected chi connectivity index (χ2v) is 6.44. The van der Waals surface area contributed by atoms with Gasteiger partial charge in [0.05, 0.1) is 16.8 Å². The molecule has 1 amide bonds. The maximum Gasteiger partial charge on any atom is 0.311 e. The summed E-state index contributed by atoms with van der Waals surface area (Å²) in [5.74, 6) is -1.07. The van der Waals surface area contributed by atoms with Crippen molar-refractivity contribution < 1.29 is 19.5 Å². The molecule has 15 heteroatoms. The number of phenolic OH excluding ortho intramolecular Hbond substituents is 1. The smallest absolute Gasteiger partial charge is 0.311 e. The minimum absolute atomic E-state index is 0.0189. The lowest BCUT2D eigenvalue weighted by atomic mass is 10.2. The minimum Gasteiger partial charge on any atom is -0.502 e. The molecule has 0 aliphatic carbocycles.